The van der Waals surface area contributed by atoms with E-state index < -0.39 is 0 Å². The topological polar surface area (TPSA) is 83.7 Å². The van der Waals surface area contributed by atoms with Gasteiger partial charge in [0.25, 0.3) is 5.91 Å². The maximum Gasteiger partial charge on any atom is 0.275 e. The van der Waals surface area contributed by atoms with Crippen LogP contribution in [0.2, 0.25) is 0 Å². The van der Waals surface area contributed by atoms with Gasteiger partial charge in [0, 0.05) is 5.56 Å². The van der Waals surface area contributed by atoms with E-state index in [1.165, 1.54) is 7.11 Å². The Hall–Kier alpha value is -3.17. The molecule has 6 nitrogen and oxygen atoms in total. The van der Waals surface area contributed by atoms with Crippen molar-refractivity contribution in [2.24, 2.45) is 5.10 Å². The predicted octanol–water partition coefficient (Wildman–Crippen LogP) is 6.27. The highest BCUT2D eigenvalue weighted by atomic mass is 127. The van der Waals surface area contributed by atoms with Crippen molar-refractivity contribution in [2.45, 2.75) is 6.61 Å². The summed E-state index contributed by atoms with van der Waals surface area (Å²) in [6.07, 6.45) is 1.59. The molecule has 0 saturated carbocycles. The molecule has 0 aliphatic heterocycles. The number of nitriles is 1. The summed E-state index contributed by atoms with van der Waals surface area (Å²) >= 11 is 4.41. The average molecular weight is 687 g/mol. The van der Waals surface area contributed by atoms with Crippen LogP contribution in [0.4, 0.5) is 0 Å². The maximum atomic E-state index is 12.8. The van der Waals surface area contributed by atoms with Crippen molar-refractivity contribution in [3.8, 4) is 17.6 Å². The Morgan fingerprint density at radius 1 is 1.03 bits per heavy atom. The Morgan fingerprint density at radius 2 is 1.69 bits per heavy atom. The van der Waals surface area contributed by atoms with E-state index in [9.17, 15) is 10.1 Å². The van der Waals surface area contributed by atoms with Crippen LogP contribution in [-0.4, -0.2) is 19.2 Å². The Labute approximate surface area is 230 Å². The summed E-state index contributed by atoms with van der Waals surface area (Å²) in [6, 6.07) is 24.8. The van der Waals surface area contributed by atoms with Crippen molar-refractivity contribution in [3.63, 3.8) is 0 Å². The predicted molar refractivity (Wildman–Crippen MR) is 153 cm³/mol. The van der Waals surface area contributed by atoms with E-state index in [1.54, 1.807) is 18.3 Å². The van der Waals surface area contributed by atoms with Gasteiger partial charge in [-0.25, -0.2) is 5.43 Å². The number of ether oxygens (including phenoxy) is 2. The fourth-order valence-corrected chi connectivity index (χ4v) is 5.62. The number of carbonyl (C=O) groups is 1. The van der Waals surface area contributed by atoms with Gasteiger partial charge in [0.05, 0.1) is 37.7 Å². The second-order valence-corrected chi connectivity index (χ2v) is 9.79. The number of fused-ring (bicyclic) bond motifs is 1. The lowest BCUT2D eigenvalue weighted by molar-refractivity contribution is 0.0952. The van der Waals surface area contributed by atoms with Gasteiger partial charge in [-0.15, -0.1) is 0 Å². The summed E-state index contributed by atoms with van der Waals surface area (Å²) in [4.78, 5) is 12.8. The van der Waals surface area contributed by atoms with Crippen LogP contribution in [0.3, 0.4) is 0 Å². The molecular formula is C27H19I2N3O3. The fourth-order valence-electron chi connectivity index (χ4n) is 3.49. The van der Waals surface area contributed by atoms with Crippen molar-refractivity contribution in [1.82, 2.24) is 5.43 Å². The van der Waals surface area contributed by atoms with Crippen LogP contribution in [0.15, 0.2) is 77.9 Å². The van der Waals surface area contributed by atoms with E-state index in [1.807, 2.05) is 60.7 Å². The third-order valence-electron chi connectivity index (χ3n) is 5.22. The summed E-state index contributed by atoms with van der Waals surface area (Å²) in [7, 11) is 1.54. The molecule has 0 heterocycles. The molecule has 0 aliphatic carbocycles. The molecule has 0 radical (unpaired) electrons. The summed E-state index contributed by atoms with van der Waals surface area (Å²) < 4.78 is 13.2. The lowest BCUT2D eigenvalue weighted by Crippen LogP contribution is -2.18. The average Bonchev–Trinajstić information content (AvgIpc) is 2.87. The molecule has 0 bridgehead atoms. The quantitative estimate of drug-likeness (QED) is 0.141. The zero-order valence-corrected chi connectivity index (χ0v) is 22.9. The van der Waals surface area contributed by atoms with Crippen molar-refractivity contribution in [2.75, 3.05) is 7.11 Å². The molecule has 0 saturated heterocycles. The van der Waals surface area contributed by atoms with Gasteiger partial charge in [0.15, 0.2) is 0 Å². The van der Waals surface area contributed by atoms with Crippen LogP contribution in [-0.2, 0) is 6.61 Å². The van der Waals surface area contributed by atoms with Gasteiger partial charge in [-0.3, -0.25) is 4.79 Å². The highest BCUT2D eigenvalue weighted by molar-refractivity contribution is 14.1. The molecule has 0 atom stereocenters. The smallest absolute Gasteiger partial charge is 0.275 e. The monoisotopic (exact) mass is 687 g/mol. The molecule has 4 aromatic rings. The molecule has 4 aromatic carbocycles. The number of hydrogen-bond acceptors (Lipinski definition) is 5. The Balaban J connectivity index is 1.46. The number of benzene rings is 4. The molecule has 0 unspecified atom stereocenters. The van der Waals surface area contributed by atoms with Crippen LogP contribution in [0.1, 0.15) is 27.0 Å². The molecule has 0 aromatic heterocycles. The number of hydrazone groups is 1. The number of hydrogen-bond donors (Lipinski definition) is 1. The van der Waals surface area contributed by atoms with Gasteiger partial charge in [-0.05, 0) is 91.8 Å². The van der Waals surface area contributed by atoms with Gasteiger partial charge in [0.1, 0.15) is 18.1 Å². The van der Waals surface area contributed by atoms with Gasteiger partial charge >= 0.3 is 0 Å². The summed E-state index contributed by atoms with van der Waals surface area (Å²) in [5.41, 5.74) is 5.24. The van der Waals surface area contributed by atoms with Crippen molar-refractivity contribution in [1.29, 1.82) is 5.26 Å². The normalized spacial score (nSPS) is 10.8. The highest BCUT2D eigenvalue weighted by Gasteiger charge is 2.14. The number of nitrogens with one attached hydrogen (secondary N) is 1. The molecule has 0 aliphatic rings. The summed E-state index contributed by atoms with van der Waals surface area (Å²) in [5, 5.41) is 15.3. The number of nitrogens with zero attached hydrogens (tertiary/aromatic N) is 2. The van der Waals surface area contributed by atoms with E-state index in [0.29, 0.717) is 23.5 Å². The lowest BCUT2D eigenvalue weighted by atomic mass is 10.1. The van der Waals surface area contributed by atoms with E-state index in [-0.39, 0.29) is 5.91 Å². The Morgan fingerprint density at radius 3 is 2.37 bits per heavy atom. The molecule has 174 valence electrons. The van der Waals surface area contributed by atoms with Crippen LogP contribution < -0.4 is 14.9 Å². The molecule has 1 N–H and O–H groups in total. The first-order valence-corrected chi connectivity index (χ1v) is 12.7. The standard InChI is InChI=1S/C27H19I2N3O3/c1-34-25-13-19-7-3-2-6-18(19)12-22(25)27(33)32-31-15-17-10-23(28)26(24(29)11-17)35-16-21-9-5-4-8-20(21)14-30/h2-13,15H,16H2,1H3,(H,32,33)/b31-15-. The highest BCUT2D eigenvalue weighted by Crippen LogP contribution is 2.30. The summed E-state index contributed by atoms with van der Waals surface area (Å²) in [6.45, 7) is 0.298. The van der Waals surface area contributed by atoms with E-state index in [2.05, 4.69) is 61.8 Å². The number of amides is 1. The molecule has 1 amide bonds. The van der Waals surface area contributed by atoms with Crippen molar-refractivity contribution < 1.29 is 14.3 Å². The largest absolute Gasteiger partial charge is 0.496 e. The van der Waals surface area contributed by atoms with Crippen molar-refractivity contribution in [3.05, 3.63) is 102 Å². The van der Waals surface area contributed by atoms with Gasteiger partial charge < -0.3 is 9.47 Å². The molecule has 8 heteroatoms. The van der Waals surface area contributed by atoms with E-state index in [4.69, 9.17) is 9.47 Å². The maximum absolute atomic E-state index is 12.8. The minimum atomic E-state index is -0.357. The molecule has 35 heavy (non-hydrogen) atoms. The van der Waals surface area contributed by atoms with Crippen molar-refractivity contribution >= 4 is 68.1 Å². The van der Waals surface area contributed by atoms with Crippen LogP contribution in [0.5, 0.6) is 11.5 Å². The first-order chi connectivity index (χ1) is 17.0. The minimum Gasteiger partial charge on any atom is -0.496 e. The number of rotatable bonds is 7. The van der Waals surface area contributed by atoms with Gasteiger partial charge in [0.2, 0.25) is 0 Å². The second-order valence-electron chi connectivity index (χ2n) is 7.47. The van der Waals surface area contributed by atoms with Gasteiger partial charge in [-0.2, -0.15) is 10.4 Å². The zero-order chi connectivity index (χ0) is 24.8. The van der Waals surface area contributed by atoms with Crippen LogP contribution in [0.25, 0.3) is 10.8 Å². The first-order valence-electron chi connectivity index (χ1n) is 10.5. The van der Waals surface area contributed by atoms with Crippen LogP contribution >= 0.6 is 45.2 Å². The third kappa shape index (κ3) is 5.91. The second kappa shape index (κ2) is 11.5. The third-order valence-corrected chi connectivity index (χ3v) is 6.83. The first kappa shape index (κ1) is 24.9. The Kier molecular flexibility index (Phi) is 8.20. The minimum absolute atomic E-state index is 0.298. The molecule has 0 fully saturated rings. The lowest BCUT2D eigenvalue weighted by Gasteiger charge is -2.12. The van der Waals surface area contributed by atoms with Crippen LogP contribution in [0, 0.1) is 18.5 Å². The number of halogens is 2. The van der Waals surface area contributed by atoms with E-state index >= 15 is 0 Å². The molecule has 0 spiro atoms. The zero-order valence-electron chi connectivity index (χ0n) is 18.6. The number of methoxy groups -OCH3 is 1. The van der Waals surface area contributed by atoms with E-state index in [0.717, 1.165) is 34.8 Å². The molecule has 4 rings (SSSR count). The molecular weight excluding hydrogens is 668 g/mol. The van der Waals surface area contributed by atoms with Gasteiger partial charge in [-0.1, -0.05) is 42.5 Å². The number of carbonyl (C=O) groups excluding carboxylic acids is 1. The Bertz CT molecular complexity index is 1460. The SMILES string of the molecule is COc1cc2ccccc2cc1C(=O)N/N=C\c1cc(I)c(OCc2ccccc2C#N)c(I)c1. The summed E-state index contributed by atoms with van der Waals surface area (Å²) in [5.74, 6) is 0.866. The fraction of sp³-hybridized carbons (Fsp3) is 0.0741.